The monoisotopic (exact) mass is 390 g/mol. The minimum Gasteiger partial charge on any atom is -0.465 e. The molecule has 1 saturated heterocycles. The summed E-state index contributed by atoms with van der Waals surface area (Å²) in [6.07, 6.45) is 3.66. The summed E-state index contributed by atoms with van der Waals surface area (Å²) < 4.78 is 0. The molecule has 2 heterocycles. The predicted molar refractivity (Wildman–Crippen MR) is 110 cm³/mol. The normalized spacial score (nSPS) is 22.3. The fourth-order valence-corrected chi connectivity index (χ4v) is 5.59. The molecule has 1 N–H and O–H groups in total. The van der Waals surface area contributed by atoms with Crippen LogP contribution >= 0.6 is 0 Å². The lowest BCUT2D eigenvalue weighted by molar-refractivity contribution is -0.138. The molecule has 1 atom stereocenters. The van der Waals surface area contributed by atoms with Crippen LogP contribution in [-0.2, 0) is 29.6 Å². The van der Waals surface area contributed by atoms with Crippen molar-refractivity contribution in [2.45, 2.75) is 50.1 Å². The van der Waals surface area contributed by atoms with Gasteiger partial charge in [-0.2, -0.15) is 0 Å². The fraction of sp³-hybridized carbons (Fsp3) is 0.417. The Morgan fingerprint density at radius 3 is 2.28 bits per heavy atom. The van der Waals surface area contributed by atoms with Crippen molar-refractivity contribution in [3.63, 3.8) is 0 Å². The predicted octanol–water partition coefficient (Wildman–Crippen LogP) is 3.60. The molecule has 1 fully saturated rings. The lowest BCUT2D eigenvalue weighted by Gasteiger charge is -2.43. The number of amides is 2. The molecular formula is C24H26N2O3. The molecule has 1 aliphatic carbocycles. The van der Waals surface area contributed by atoms with Crippen LogP contribution in [0.4, 0.5) is 4.79 Å². The molecule has 5 rings (SSSR count). The van der Waals surface area contributed by atoms with Gasteiger partial charge in [0.05, 0.1) is 6.54 Å². The zero-order chi connectivity index (χ0) is 20.0. The van der Waals surface area contributed by atoms with E-state index in [1.165, 1.54) is 16.0 Å². The number of piperidine rings is 1. The molecule has 0 saturated carbocycles. The van der Waals surface area contributed by atoms with Gasteiger partial charge in [-0.15, -0.1) is 0 Å². The summed E-state index contributed by atoms with van der Waals surface area (Å²) in [4.78, 5) is 28.4. The molecule has 2 aliphatic heterocycles. The smallest absolute Gasteiger partial charge is 0.408 e. The molecule has 5 nitrogen and oxygen atoms in total. The minimum atomic E-state index is -1.02. The molecule has 1 spiro atoms. The Bertz CT molecular complexity index is 962. The number of hydrogen-bond donors (Lipinski definition) is 1. The number of rotatable bonds is 1. The molecule has 0 bridgehead atoms. The SMILES string of the molecule is O=C(C1Cc2ccccc2CN1C(=O)O)N1CCC2(CCc3ccccc32)CC1. The number of benzene rings is 2. The van der Waals surface area contributed by atoms with Crippen molar-refractivity contribution in [1.29, 1.82) is 0 Å². The lowest BCUT2D eigenvalue weighted by atomic mass is 9.73. The highest BCUT2D eigenvalue weighted by molar-refractivity contribution is 5.86. The molecule has 2 aromatic carbocycles. The summed E-state index contributed by atoms with van der Waals surface area (Å²) in [6, 6.07) is 15.9. The van der Waals surface area contributed by atoms with Crippen LogP contribution in [0.1, 0.15) is 41.5 Å². The summed E-state index contributed by atoms with van der Waals surface area (Å²) in [7, 11) is 0. The molecular weight excluding hydrogens is 364 g/mol. The standard InChI is InChI=1S/C24H26N2O3/c27-22(21-15-18-6-1-2-7-19(18)16-26(21)23(28)29)25-13-11-24(12-14-25)10-9-17-5-3-4-8-20(17)24/h1-8,21H,9-16H2,(H,28,29). The number of likely N-dealkylation sites (tertiary alicyclic amines) is 1. The maximum atomic E-state index is 13.3. The molecule has 2 amide bonds. The number of hydrogen-bond acceptors (Lipinski definition) is 2. The van der Waals surface area contributed by atoms with Gasteiger partial charge in [-0.05, 0) is 53.4 Å². The number of aryl methyl sites for hydroxylation is 1. The Morgan fingerprint density at radius 2 is 1.55 bits per heavy atom. The summed E-state index contributed by atoms with van der Waals surface area (Å²) in [5.41, 5.74) is 5.19. The summed E-state index contributed by atoms with van der Waals surface area (Å²) in [6.45, 7) is 1.70. The molecule has 0 radical (unpaired) electrons. The second-order valence-corrected chi connectivity index (χ2v) is 8.66. The van der Waals surface area contributed by atoms with Crippen LogP contribution in [0, 0.1) is 0 Å². The Balaban J connectivity index is 1.34. The van der Waals surface area contributed by atoms with E-state index in [4.69, 9.17) is 0 Å². The maximum Gasteiger partial charge on any atom is 0.408 e. The molecule has 150 valence electrons. The van der Waals surface area contributed by atoms with Crippen molar-refractivity contribution < 1.29 is 14.7 Å². The molecule has 2 aromatic rings. The number of carbonyl (C=O) groups is 2. The maximum absolute atomic E-state index is 13.3. The molecule has 5 heteroatoms. The van der Waals surface area contributed by atoms with Gasteiger partial charge in [0.2, 0.25) is 5.91 Å². The van der Waals surface area contributed by atoms with Crippen LogP contribution in [-0.4, -0.2) is 46.0 Å². The first-order valence-corrected chi connectivity index (χ1v) is 10.5. The van der Waals surface area contributed by atoms with Gasteiger partial charge in [0.25, 0.3) is 0 Å². The van der Waals surface area contributed by atoms with E-state index in [9.17, 15) is 14.7 Å². The van der Waals surface area contributed by atoms with Crippen molar-refractivity contribution in [3.8, 4) is 0 Å². The topological polar surface area (TPSA) is 60.9 Å². The van der Waals surface area contributed by atoms with E-state index in [1.54, 1.807) is 0 Å². The summed E-state index contributed by atoms with van der Waals surface area (Å²) in [5.74, 6) is -0.0389. The Labute approximate surface area is 170 Å². The van der Waals surface area contributed by atoms with Gasteiger partial charge in [-0.3, -0.25) is 9.69 Å². The van der Waals surface area contributed by atoms with E-state index in [0.717, 1.165) is 36.8 Å². The van der Waals surface area contributed by atoms with Gasteiger partial charge < -0.3 is 10.0 Å². The van der Waals surface area contributed by atoms with Gasteiger partial charge in [-0.1, -0.05) is 48.5 Å². The van der Waals surface area contributed by atoms with E-state index in [0.29, 0.717) is 19.5 Å². The van der Waals surface area contributed by atoms with Crippen molar-refractivity contribution in [1.82, 2.24) is 9.80 Å². The number of nitrogens with zero attached hydrogens (tertiary/aromatic N) is 2. The van der Waals surface area contributed by atoms with Gasteiger partial charge in [-0.25, -0.2) is 4.79 Å². The summed E-state index contributed by atoms with van der Waals surface area (Å²) >= 11 is 0. The quantitative estimate of drug-likeness (QED) is 0.809. The highest BCUT2D eigenvalue weighted by atomic mass is 16.4. The fourth-order valence-electron chi connectivity index (χ4n) is 5.59. The van der Waals surface area contributed by atoms with E-state index in [2.05, 4.69) is 24.3 Å². The van der Waals surface area contributed by atoms with Gasteiger partial charge in [0.15, 0.2) is 0 Å². The van der Waals surface area contributed by atoms with Crippen LogP contribution in [0.3, 0.4) is 0 Å². The van der Waals surface area contributed by atoms with Crippen LogP contribution in [0.25, 0.3) is 0 Å². The van der Waals surface area contributed by atoms with Crippen LogP contribution in [0.2, 0.25) is 0 Å². The third-order valence-corrected chi connectivity index (χ3v) is 7.27. The molecule has 0 aromatic heterocycles. The number of carboxylic acid groups (broad SMARTS) is 1. The Hall–Kier alpha value is -2.82. The van der Waals surface area contributed by atoms with Crippen LogP contribution in [0.15, 0.2) is 48.5 Å². The van der Waals surface area contributed by atoms with E-state index in [1.807, 2.05) is 29.2 Å². The van der Waals surface area contributed by atoms with E-state index in [-0.39, 0.29) is 17.9 Å². The minimum absolute atomic E-state index is 0.0389. The lowest BCUT2D eigenvalue weighted by Crippen LogP contribution is -2.55. The Kier molecular flexibility index (Phi) is 4.34. The first-order valence-electron chi connectivity index (χ1n) is 10.5. The van der Waals surface area contributed by atoms with Crippen molar-refractivity contribution in [3.05, 3.63) is 70.8 Å². The van der Waals surface area contributed by atoms with Crippen molar-refractivity contribution in [2.75, 3.05) is 13.1 Å². The van der Waals surface area contributed by atoms with Crippen LogP contribution < -0.4 is 0 Å². The third-order valence-electron chi connectivity index (χ3n) is 7.27. The second-order valence-electron chi connectivity index (χ2n) is 8.66. The van der Waals surface area contributed by atoms with Gasteiger partial charge in [0, 0.05) is 19.5 Å². The zero-order valence-corrected chi connectivity index (χ0v) is 16.5. The Morgan fingerprint density at radius 1 is 0.897 bits per heavy atom. The first-order chi connectivity index (χ1) is 14.1. The van der Waals surface area contributed by atoms with E-state index >= 15 is 0 Å². The number of fused-ring (bicyclic) bond motifs is 3. The van der Waals surface area contributed by atoms with Crippen molar-refractivity contribution >= 4 is 12.0 Å². The highest BCUT2D eigenvalue weighted by Gasteiger charge is 2.44. The highest BCUT2D eigenvalue weighted by Crippen LogP contribution is 2.46. The zero-order valence-electron chi connectivity index (χ0n) is 16.5. The van der Waals surface area contributed by atoms with E-state index < -0.39 is 12.1 Å². The first kappa shape index (κ1) is 18.2. The van der Waals surface area contributed by atoms with Crippen LogP contribution in [0.5, 0.6) is 0 Å². The average molecular weight is 390 g/mol. The molecule has 29 heavy (non-hydrogen) atoms. The van der Waals surface area contributed by atoms with Gasteiger partial charge in [0.1, 0.15) is 6.04 Å². The third kappa shape index (κ3) is 3.00. The molecule has 3 aliphatic rings. The van der Waals surface area contributed by atoms with Crippen molar-refractivity contribution in [2.24, 2.45) is 0 Å². The largest absolute Gasteiger partial charge is 0.465 e. The average Bonchev–Trinajstić information content (AvgIpc) is 3.11. The second kappa shape index (κ2) is 6.90. The number of carbonyl (C=O) groups excluding carboxylic acids is 1. The van der Waals surface area contributed by atoms with Gasteiger partial charge >= 0.3 is 6.09 Å². The summed E-state index contributed by atoms with van der Waals surface area (Å²) in [5, 5.41) is 9.71. The molecule has 1 unspecified atom stereocenters.